The van der Waals surface area contributed by atoms with Gasteiger partial charge in [0.15, 0.2) is 0 Å². The number of ether oxygens (including phenoxy) is 1. The van der Waals surface area contributed by atoms with Gasteiger partial charge in [-0.3, -0.25) is 9.59 Å². The van der Waals surface area contributed by atoms with Gasteiger partial charge in [0.25, 0.3) is 0 Å². The Morgan fingerprint density at radius 2 is 1.84 bits per heavy atom. The molecule has 1 aliphatic rings. The molecule has 3 aromatic carbocycles. The first kappa shape index (κ1) is 19.2. The minimum absolute atomic E-state index is 0.0105. The summed E-state index contributed by atoms with van der Waals surface area (Å²) in [5.41, 5.74) is 3.04. The Bertz CT molecular complexity index is 1280. The molecule has 0 radical (unpaired) electrons. The molecule has 2 amide bonds. The fourth-order valence-corrected chi connectivity index (χ4v) is 4.16. The quantitative estimate of drug-likeness (QED) is 0.519. The summed E-state index contributed by atoms with van der Waals surface area (Å²) >= 11 is 0. The van der Waals surface area contributed by atoms with Gasteiger partial charge >= 0.3 is 0 Å². The molecule has 2 heterocycles. The third-order valence-electron chi connectivity index (χ3n) is 5.76. The zero-order valence-electron chi connectivity index (χ0n) is 17.1. The molecular weight excluding hydrogens is 392 g/mol. The van der Waals surface area contributed by atoms with Crippen LogP contribution in [0.3, 0.4) is 0 Å². The third kappa shape index (κ3) is 3.61. The average Bonchev–Trinajstić information content (AvgIpc) is 3.33. The highest BCUT2D eigenvalue weighted by Gasteiger charge is 2.34. The summed E-state index contributed by atoms with van der Waals surface area (Å²) in [5, 5.41) is 4.86. The lowest BCUT2D eigenvalue weighted by Crippen LogP contribution is -2.28. The SMILES string of the molecule is COc1cc2c(cc1NC(=O)C1CC(=O)N(Cc3ccccc3)C1)oc1ccccc12. The van der Waals surface area contributed by atoms with Gasteiger partial charge in [-0.1, -0.05) is 48.5 Å². The summed E-state index contributed by atoms with van der Waals surface area (Å²) in [6, 6.07) is 21.2. The predicted molar refractivity (Wildman–Crippen MR) is 119 cm³/mol. The molecule has 156 valence electrons. The summed E-state index contributed by atoms with van der Waals surface area (Å²) < 4.78 is 11.5. The number of carbonyl (C=O) groups is 2. The largest absolute Gasteiger partial charge is 0.495 e. The molecule has 6 heteroatoms. The molecule has 1 N–H and O–H groups in total. The standard InChI is InChI=1S/C25H22N2O4/c1-30-23-12-19-18-9-5-6-10-21(18)31-22(19)13-20(23)26-25(29)17-11-24(28)27(15-17)14-16-7-3-2-4-8-16/h2-10,12-13,17H,11,14-15H2,1H3,(H,26,29). The van der Waals surface area contributed by atoms with Crippen LogP contribution in [0.2, 0.25) is 0 Å². The number of nitrogens with one attached hydrogen (secondary N) is 1. The van der Waals surface area contributed by atoms with Crippen LogP contribution in [0.1, 0.15) is 12.0 Å². The van der Waals surface area contributed by atoms with Gasteiger partial charge in [0.05, 0.1) is 18.7 Å². The number of furan rings is 1. The molecular formula is C25H22N2O4. The van der Waals surface area contributed by atoms with E-state index in [0.717, 1.165) is 21.9 Å². The number of rotatable bonds is 5. The second-order valence-corrected chi connectivity index (χ2v) is 7.80. The molecule has 1 atom stereocenters. The molecule has 6 nitrogen and oxygen atoms in total. The maximum absolute atomic E-state index is 13.0. The first-order valence-electron chi connectivity index (χ1n) is 10.2. The highest BCUT2D eigenvalue weighted by molar-refractivity contribution is 6.08. The third-order valence-corrected chi connectivity index (χ3v) is 5.76. The van der Waals surface area contributed by atoms with Crippen LogP contribution >= 0.6 is 0 Å². The van der Waals surface area contributed by atoms with Gasteiger partial charge in [0.2, 0.25) is 11.8 Å². The van der Waals surface area contributed by atoms with Gasteiger partial charge in [-0.25, -0.2) is 0 Å². The molecule has 5 rings (SSSR count). The van der Waals surface area contributed by atoms with E-state index in [0.29, 0.717) is 30.1 Å². The lowest BCUT2D eigenvalue weighted by molar-refractivity contribution is -0.128. The van der Waals surface area contributed by atoms with Crippen LogP contribution in [0.25, 0.3) is 21.9 Å². The molecule has 0 aliphatic carbocycles. The number of hydrogen-bond donors (Lipinski definition) is 1. The first-order chi connectivity index (χ1) is 15.1. The van der Waals surface area contributed by atoms with Gasteiger partial charge in [-0.15, -0.1) is 0 Å². The molecule has 0 bridgehead atoms. The maximum Gasteiger partial charge on any atom is 0.229 e. The highest BCUT2D eigenvalue weighted by atomic mass is 16.5. The smallest absolute Gasteiger partial charge is 0.229 e. The number of anilines is 1. The fraction of sp³-hybridized carbons (Fsp3) is 0.200. The van der Waals surface area contributed by atoms with Gasteiger partial charge in [-0.05, 0) is 17.7 Å². The summed E-state index contributed by atoms with van der Waals surface area (Å²) in [7, 11) is 1.57. The molecule has 4 aromatic rings. The second kappa shape index (κ2) is 7.80. The van der Waals surface area contributed by atoms with Crippen molar-refractivity contribution in [3.05, 3.63) is 72.3 Å². The van der Waals surface area contributed by atoms with E-state index in [1.165, 1.54) is 0 Å². The van der Waals surface area contributed by atoms with Crippen LogP contribution in [0.4, 0.5) is 5.69 Å². The molecule has 1 aromatic heterocycles. The number of nitrogens with zero attached hydrogens (tertiary/aromatic N) is 1. The van der Waals surface area contributed by atoms with Crippen LogP contribution in [-0.2, 0) is 16.1 Å². The van der Waals surface area contributed by atoms with Crippen molar-refractivity contribution in [2.24, 2.45) is 5.92 Å². The first-order valence-corrected chi connectivity index (χ1v) is 10.2. The van der Waals surface area contributed by atoms with Gasteiger partial charge in [0, 0.05) is 36.3 Å². The van der Waals surface area contributed by atoms with Gasteiger partial charge in [-0.2, -0.15) is 0 Å². The molecule has 1 unspecified atom stereocenters. The van der Waals surface area contributed by atoms with Crippen molar-refractivity contribution in [2.75, 3.05) is 19.0 Å². The Labute approximate surface area is 179 Å². The van der Waals surface area contributed by atoms with Crippen molar-refractivity contribution in [3.63, 3.8) is 0 Å². The normalized spacial score (nSPS) is 16.2. The molecule has 0 spiro atoms. The van der Waals surface area contributed by atoms with Crippen LogP contribution in [-0.4, -0.2) is 30.4 Å². The van der Waals surface area contributed by atoms with E-state index in [1.807, 2.05) is 60.7 Å². The summed E-state index contributed by atoms with van der Waals surface area (Å²) in [4.78, 5) is 27.1. The van der Waals surface area contributed by atoms with Crippen molar-refractivity contribution < 1.29 is 18.7 Å². The summed E-state index contributed by atoms with van der Waals surface area (Å²) in [5.74, 6) is -0.0634. The molecule has 0 saturated carbocycles. The van der Waals surface area contributed by atoms with Crippen LogP contribution in [0, 0.1) is 5.92 Å². The number of benzene rings is 3. The minimum Gasteiger partial charge on any atom is -0.495 e. The number of amides is 2. The maximum atomic E-state index is 13.0. The van der Waals surface area contributed by atoms with E-state index >= 15 is 0 Å². The lowest BCUT2D eigenvalue weighted by atomic mass is 10.1. The van der Waals surface area contributed by atoms with Crippen LogP contribution in [0.15, 0.2) is 71.1 Å². The second-order valence-electron chi connectivity index (χ2n) is 7.80. The predicted octanol–water partition coefficient (Wildman–Crippen LogP) is 4.58. The molecule has 1 aliphatic heterocycles. The number of likely N-dealkylation sites (tertiary alicyclic amines) is 1. The topological polar surface area (TPSA) is 71.8 Å². The molecule has 1 fully saturated rings. The summed E-state index contributed by atoms with van der Waals surface area (Å²) in [6.07, 6.45) is 0.202. The minimum atomic E-state index is -0.410. The molecule has 1 saturated heterocycles. The van der Waals surface area contributed by atoms with Crippen LogP contribution < -0.4 is 10.1 Å². The number of methoxy groups -OCH3 is 1. The van der Waals surface area contributed by atoms with Crippen molar-refractivity contribution in [2.45, 2.75) is 13.0 Å². The Kier molecular flexibility index (Phi) is 4.82. The summed E-state index contributed by atoms with van der Waals surface area (Å²) in [6.45, 7) is 0.909. The number of para-hydroxylation sites is 1. The average molecular weight is 414 g/mol. The van der Waals surface area contributed by atoms with E-state index in [-0.39, 0.29) is 18.2 Å². The molecule has 31 heavy (non-hydrogen) atoms. The van der Waals surface area contributed by atoms with E-state index in [4.69, 9.17) is 9.15 Å². The number of carbonyl (C=O) groups excluding carboxylic acids is 2. The van der Waals surface area contributed by atoms with Gasteiger partial charge in [0.1, 0.15) is 16.9 Å². The van der Waals surface area contributed by atoms with Crippen molar-refractivity contribution in [1.29, 1.82) is 0 Å². The van der Waals surface area contributed by atoms with E-state index in [9.17, 15) is 9.59 Å². The lowest BCUT2D eigenvalue weighted by Gasteiger charge is -2.17. The van der Waals surface area contributed by atoms with E-state index in [2.05, 4.69) is 5.32 Å². The highest BCUT2D eigenvalue weighted by Crippen LogP contribution is 2.36. The van der Waals surface area contributed by atoms with Crippen molar-refractivity contribution in [1.82, 2.24) is 4.90 Å². The van der Waals surface area contributed by atoms with E-state index in [1.54, 1.807) is 18.1 Å². The zero-order chi connectivity index (χ0) is 21.4. The monoisotopic (exact) mass is 414 g/mol. The number of hydrogen-bond acceptors (Lipinski definition) is 4. The Morgan fingerprint density at radius 1 is 1.06 bits per heavy atom. The Hall–Kier alpha value is -3.80. The Morgan fingerprint density at radius 3 is 2.65 bits per heavy atom. The zero-order valence-corrected chi connectivity index (χ0v) is 17.1. The van der Waals surface area contributed by atoms with Gasteiger partial charge < -0.3 is 19.4 Å². The van der Waals surface area contributed by atoms with Crippen LogP contribution in [0.5, 0.6) is 5.75 Å². The Balaban J connectivity index is 1.36. The fourth-order valence-electron chi connectivity index (χ4n) is 4.16. The van der Waals surface area contributed by atoms with Crippen molar-refractivity contribution in [3.8, 4) is 5.75 Å². The van der Waals surface area contributed by atoms with Crippen molar-refractivity contribution >= 4 is 39.4 Å². The number of fused-ring (bicyclic) bond motifs is 3. The van der Waals surface area contributed by atoms with E-state index < -0.39 is 5.92 Å².